The van der Waals surface area contributed by atoms with Gasteiger partial charge in [0.05, 0.1) is 4.47 Å². The van der Waals surface area contributed by atoms with Gasteiger partial charge in [-0.05, 0) is 62.1 Å². The molecule has 0 saturated carbocycles. The van der Waals surface area contributed by atoms with Crippen LogP contribution in [0.4, 0.5) is 0 Å². The Hall–Kier alpha value is -4.81. The van der Waals surface area contributed by atoms with E-state index >= 15 is 0 Å². The van der Waals surface area contributed by atoms with Gasteiger partial charge in [0.25, 0.3) is 0 Å². The third kappa shape index (κ3) is 4.10. The summed E-state index contributed by atoms with van der Waals surface area (Å²) in [6, 6.07) is 45.6. The molecule has 6 heteroatoms. The van der Waals surface area contributed by atoms with Gasteiger partial charge < -0.3 is 4.42 Å². The van der Waals surface area contributed by atoms with Crippen LogP contribution in [0.15, 0.2) is 142 Å². The summed E-state index contributed by atoms with van der Waals surface area (Å²) in [4.78, 5) is 0. The number of hydrogen-bond acceptors (Lipinski definition) is 4. The smallest absolute Gasteiger partial charge is 0.184 e. The molecule has 7 rings (SSSR count). The highest BCUT2D eigenvalue weighted by Gasteiger charge is 2.42. The minimum Gasteiger partial charge on any atom is -0.455 e. The summed E-state index contributed by atoms with van der Waals surface area (Å²) in [6.07, 6.45) is 0. The van der Waals surface area contributed by atoms with E-state index in [1.165, 1.54) is 5.56 Å². The van der Waals surface area contributed by atoms with E-state index in [0.29, 0.717) is 5.82 Å². The number of aryl methyl sites for hydroxylation is 1. The quantitative estimate of drug-likeness (QED) is 0.180. The Balaban J connectivity index is 1.54. The van der Waals surface area contributed by atoms with Crippen molar-refractivity contribution in [2.24, 2.45) is 0 Å². The molecule has 198 valence electrons. The fraction of sp³-hybridized carbons (Fsp3) is 0.0571. The molecule has 0 bridgehead atoms. The molecule has 7 aromatic rings. The average molecular weight is 598 g/mol. The Morgan fingerprint density at radius 1 is 0.659 bits per heavy atom. The topological polar surface area (TPSA) is 56.7 Å². The maximum absolute atomic E-state index is 6.43. The van der Waals surface area contributed by atoms with Crippen LogP contribution < -0.4 is 0 Å². The predicted octanol–water partition coefficient (Wildman–Crippen LogP) is 8.66. The summed E-state index contributed by atoms with van der Waals surface area (Å²) in [5, 5.41) is 14.7. The van der Waals surface area contributed by atoms with Crippen molar-refractivity contribution in [2.75, 3.05) is 0 Å². The minimum absolute atomic E-state index is 0.626. The van der Waals surface area contributed by atoms with Gasteiger partial charge in [-0.3, -0.25) is 0 Å². The van der Waals surface area contributed by atoms with Crippen molar-refractivity contribution in [3.63, 3.8) is 0 Å². The Bertz CT molecular complexity index is 1870. The van der Waals surface area contributed by atoms with Gasteiger partial charge in [-0.2, -0.15) is 0 Å². The molecule has 0 unspecified atom stereocenters. The number of fused-ring (bicyclic) bond motifs is 1. The molecule has 2 heterocycles. The van der Waals surface area contributed by atoms with Crippen LogP contribution in [0.25, 0.3) is 33.7 Å². The maximum atomic E-state index is 6.43. The van der Waals surface area contributed by atoms with E-state index in [2.05, 4.69) is 124 Å². The summed E-state index contributed by atoms with van der Waals surface area (Å²) >= 11 is 3.84. The van der Waals surface area contributed by atoms with Gasteiger partial charge in [0.15, 0.2) is 5.82 Å². The van der Waals surface area contributed by atoms with E-state index < -0.39 is 5.54 Å². The Morgan fingerprint density at radius 3 is 1.78 bits per heavy atom. The highest BCUT2D eigenvalue weighted by atomic mass is 79.9. The van der Waals surface area contributed by atoms with Gasteiger partial charge in [0.2, 0.25) is 0 Å². The van der Waals surface area contributed by atoms with Crippen molar-refractivity contribution in [2.45, 2.75) is 12.5 Å². The number of nitrogens with zero attached hydrogens (tertiary/aromatic N) is 4. The van der Waals surface area contributed by atoms with Crippen molar-refractivity contribution in [1.29, 1.82) is 0 Å². The number of furan rings is 1. The molecule has 5 nitrogen and oxygen atoms in total. The summed E-state index contributed by atoms with van der Waals surface area (Å²) in [5.74, 6) is 1.36. The first kappa shape index (κ1) is 25.2. The monoisotopic (exact) mass is 596 g/mol. The molecule has 0 spiro atoms. The van der Waals surface area contributed by atoms with Crippen LogP contribution in [0.5, 0.6) is 0 Å². The lowest BCUT2D eigenvalue weighted by Crippen LogP contribution is -2.39. The zero-order valence-corrected chi connectivity index (χ0v) is 23.9. The highest BCUT2D eigenvalue weighted by molar-refractivity contribution is 9.10. The number of rotatable bonds is 6. The summed E-state index contributed by atoms with van der Waals surface area (Å²) in [7, 11) is 0. The first-order chi connectivity index (χ1) is 20.2. The van der Waals surface area contributed by atoms with Crippen molar-refractivity contribution >= 4 is 26.9 Å². The molecule has 0 aliphatic carbocycles. The first-order valence-corrected chi connectivity index (χ1v) is 14.2. The van der Waals surface area contributed by atoms with E-state index in [0.717, 1.165) is 49.0 Å². The maximum Gasteiger partial charge on any atom is 0.184 e. The molecule has 0 saturated heterocycles. The second-order valence-electron chi connectivity index (χ2n) is 10.0. The lowest BCUT2D eigenvalue weighted by molar-refractivity contribution is 0.451. The third-order valence-corrected chi connectivity index (χ3v) is 8.34. The Labute approximate surface area is 246 Å². The van der Waals surface area contributed by atoms with Gasteiger partial charge >= 0.3 is 0 Å². The Kier molecular flexibility index (Phi) is 6.33. The summed E-state index contributed by atoms with van der Waals surface area (Å²) in [6.45, 7) is 2.08. The molecular formula is C35H25BrN4O. The fourth-order valence-corrected chi connectivity index (χ4v) is 6.32. The molecule has 41 heavy (non-hydrogen) atoms. The van der Waals surface area contributed by atoms with Crippen molar-refractivity contribution < 1.29 is 4.42 Å². The zero-order chi connectivity index (χ0) is 27.8. The van der Waals surface area contributed by atoms with Gasteiger partial charge in [0.1, 0.15) is 16.9 Å². The molecule has 0 N–H and O–H groups in total. The zero-order valence-electron chi connectivity index (χ0n) is 22.3. The van der Waals surface area contributed by atoms with Crippen LogP contribution in [0.2, 0.25) is 0 Å². The van der Waals surface area contributed by atoms with Crippen molar-refractivity contribution in [3.8, 4) is 22.7 Å². The highest BCUT2D eigenvalue weighted by Crippen LogP contribution is 2.45. The van der Waals surface area contributed by atoms with Gasteiger partial charge in [-0.15, -0.1) is 5.10 Å². The molecule has 0 radical (unpaired) electrons. The molecule has 0 atom stereocenters. The summed E-state index contributed by atoms with van der Waals surface area (Å²) < 4.78 is 9.29. The number of aromatic nitrogens is 4. The number of halogens is 1. The van der Waals surface area contributed by atoms with Crippen LogP contribution in [-0.2, 0) is 5.54 Å². The van der Waals surface area contributed by atoms with Crippen LogP contribution >= 0.6 is 15.9 Å². The number of hydrogen-bond donors (Lipinski definition) is 0. The van der Waals surface area contributed by atoms with Gasteiger partial charge in [-0.1, -0.05) is 127 Å². The largest absolute Gasteiger partial charge is 0.455 e. The standard InChI is InChI=1S/C35H25BrN4O/c1-24-21-22-31-30(23-24)32(36)33(41-31)28-19-11-12-20-29(28)34-37-38-39-40(34)35(25-13-5-2-6-14-25,26-15-7-3-8-16-26)27-17-9-4-10-18-27/h2-23H,1H3. The number of tetrazole rings is 1. The second kappa shape index (κ2) is 10.3. The fourth-order valence-electron chi connectivity index (χ4n) is 5.72. The first-order valence-electron chi connectivity index (χ1n) is 13.4. The molecule has 5 aromatic carbocycles. The third-order valence-electron chi connectivity index (χ3n) is 7.56. The van der Waals surface area contributed by atoms with Gasteiger partial charge in [-0.25, -0.2) is 4.68 Å². The summed E-state index contributed by atoms with van der Waals surface area (Å²) in [5.41, 5.74) is 6.03. The molecule has 0 fully saturated rings. The van der Waals surface area contributed by atoms with Crippen LogP contribution in [-0.4, -0.2) is 20.2 Å². The van der Waals surface area contributed by atoms with Crippen LogP contribution in [0.3, 0.4) is 0 Å². The van der Waals surface area contributed by atoms with Crippen molar-refractivity contribution in [3.05, 3.63) is 160 Å². The van der Waals surface area contributed by atoms with Gasteiger partial charge in [0, 0.05) is 16.5 Å². The van der Waals surface area contributed by atoms with E-state index in [1.54, 1.807) is 0 Å². The lowest BCUT2D eigenvalue weighted by atomic mass is 9.77. The van der Waals surface area contributed by atoms with E-state index in [1.807, 2.05) is 47.1 Å². The van der Waals surface area contributed by atoms with Crippen molar-refractivity contribution in [1.82, 2.24) is 20.2 Å². The molecule has 0 aliphatic heterocycles. The molecular weight excluding hydrogens is 572 g/mol. The number of benzene rings is 5. The van der Waals surface area contributed by atoms with E-state index in [9.17, 15) is 0 Å². The Morgan fingerprint density at radius 2 is 1.20 bits per heavy atom. The molecule has 0 amide bonds. The van der Waals surface area contributed by atoms with Crippen LogP contribution in [0.1, 0.15) is 22.3 Å². The lowest BCUT2D eigenvalue weighted by Gasteiger charge is -2.36. The average Bonchev–Trinajstić information content (AvgIpc) is 3.64. The normalized spacial score (nSPS) is 11.7. The molecule has 2 aromatic heterocycles. The van der Waals surface area contributed by atoms with Crippen LogP contribution in [0, 0.1) is 6.92 Å². The second-order valence-corrected chi connectivity index (χ2v) is 10.8. The molecule has 0 aliphatic rings. The SMILES string of the molecule is Cc1ccc2oc(-c3ccccc3-c3nnnn3C(c3ccccc3)(c3ccccc3)c3ccccc3)c(Br)c2c1. The predicted molar refractivity (Wildman–Crippen MR) is 166 cm³/mol. The minimum atomic E-state index is -0.849. The van der Waals surface area contributed by atoms with E-state index in [-0.39, 0.29) is 0 Å². The van der Waals surface area contributed by atoms with E-state index in [4.69, 9.17) is 9.63 Å².